The van der Waals surface area contributed by atoms with Gasteiger partial charge in [-0.2, -0.15) is 13.2 Å². The number of hydrogen-bond acceptors (Lipinski definition) is 3. The number of amides is 1. The zero-order valence-corrected chi connectivity index (χ0v) is 23.1. The summed E-state index contributed by atoms with van der Waals surface area (Å²) in [6.07, 6.45) is -1.50. The van der Waals surface area contributed by atoms with Crippen LogP contribution in [0.5, 0.6) is 0 Å². The Bertz CT molecular complexity index is 1510. The van der Waals surface area contributed by atoms with E-state index >= 15 is 0 Å². The lowest BCUT2D eigenvalue weighted by Crippen LogP contribution is -2.26. The fourth-order valence-corrected chi connectivity index (χ4v) is 5.01. The Kier molecular flexibility index (Phi) is 8.88. The molecule has 0 spiro atoms. The molecule has 0 saturated heterocycles. The molecule has 0 aliphatic heterocycles. The molecule has 5 nitrogen and oxygen atoms in total. The molecule has 1 unspecified atom stereocenters. The largest absolute Gasteiger partial charge is 0.469 e. The summed E-state index contributed by atoms with van der Waals surface area (Å²) in [6, 6.07) is 18.5. The van der Waals surface area contributed by atoms with Crippen LogP contribution in [0.3, 0.4) is 0 Å². The summed E-state index contributed by atoms with van der Waals surface area (Å²) in [5.74, 6) is -0.272. The Balaban J connectivity index is 1.60. The van der Waals surface area contributed by atoms with Gasteiger partial charge in [0.15, 0.2) is 0 Å². The van der Waals surface area contributed by atoms with Gasteiger partial charge in [-0.1, -0.05) is 49.7 Å². The van der Waals surface area contributed by atoms with E-state index in [-0.39, 0.29) is 35.9 Å². The number of esters is 1. The second-order valence-electron chi connectivity index (χ2n) is 10.0. The average molecular weight is 571 g/mol. The van der Waals surface area contributed by atoms with Crippen molar-refractivity contribution in [2.75, 3.05) is 13.7 Å². The number of rotatable bonds is 9. The van der Waals surface area contributed by atoms with Gasteiger partial charge in [-0.3, -0.25) is 9.59 Å². The minimum atomic E-state index is -4.46. The maximum Gasteiger partial charge on any atom is 0.416 e. The summed E-state index contributed by atoms with van der Waals surface area (Å²) in [4.78, 5) is 23.8. The molecule has 1 N–H and O–H groups in total. The van der Waals surface area contributed by atoms with E-state index in [4.69, 9.17) is 11.6 Å². The highest BCUT2D eigenvalue weighted by molar-refractivity contribution is 6.33. The minimum absolute atomic E-state index is 0.00515. The molecule has 0 fully saturated rings. The second kappa shape index (κ2) is 12.2. The molecule has 0 aliphatic rings. The molecule has 4 aromatic rings. The van der Waals surface area contributed by atoms with Crippen LogP contribution in [0.1, 0.15) is 54.2 Å². The van der Waals surface area contributed by atoms with Gasteiger partial charge >= 0.3 is 12.1 Å². The number of alkyl halides is 3. The van der Waals surface area contributed by atoms with Gasteiger partial charge in [0.2, 0.25) is 0 Å². The van der Waals surface area contributed by atoms with Crippen molar-refractivity contribution in [3.05, 3.63) is 94.6 Å². The van der Waals surface area contributed by atoms with E-state index in [1.165, 1.54) is 13.2 Å². The zero-order valence-electron chi connectivity index (χ0n) is 22.4. The summed E-state index contributed by atoms with van der Waals surface area (Å²) in [7, 11) is 1.30. The Morgan fingerprint density at radius 1 is 1.00 bits per heavy atom. The van der Waals surface area contributed by atoms with Crippen molar-refractivity contribution >= 4 is 34.4 Å². The summed E-state index contributed by atoms with van der Waals surface area (Å²) in [5, 5.41) is 3.70. The lowest BCUT2D eigenvalue weighted by molar-refractivity contribution is -0.140. The minimum Gasteiger partial charge on any atom is -0.469 e. The number of carbonyl (C=O) groups is 2. The molecule has 0 bridgehead atoms. The third-order valence-electron chi connectivity index (χ3n) is 6.76. The normalized spacial score (nSPS) is 12.5. The van der Waals surface area contributed by atoms with Gasteiger partial charge < -0.3 is 14.6 Å². The number of halogens is 4. The molecule has 1 atom stereocenters. The van der Waals surface area contributed by atoms with E-state index in [9.17, 15) is 22.8 Å². The number of nitrogens with zero attached hydrogens (tertiary/aromatic N) is 1. The lowest BCUT2D eigenvalue weighted by atomic mass is 9.95. The van der Waals surface area contributed by atoms with Gasteiger partial charge in [0.25, 0.3) is 5.91 Å². The number of ether oxygens (including phenoxy) is 1. The highest BCUT2D eigenvalue weighted by Crippen LogP contribution is 2.37. The molecule has 4 rings (SSSR count). The van der Waals surface area contributed by atoms with E-state index < -0.39 is 11.7 Å². The molecule has 1 aromatic heterocycles. The van der Waals surface area contributed by atoms with Crippen molar-refractivity contribution in [3.8, 4) is 11.1 Å². The van der Waals surface area contributed by atoms with Gasteiger partial charge in [-0.15, -0.1) is 0 Å². The Labute approximate surface area is 235 Å². The van der Waals surface area contributed by atoms with Crippen LogP contribution in [0.25, 0.3) is 22.0 Å². The third-order valence-corrected chi connectivity index (χ3v) is 7.07. The van der Waals surface area contributed by atoms with Crippen LogP contribution >= 0.6 is 11.6 Å². The van der Waals surface area contributed by atoms with E-state index in [1.807, 2.05) is 42.6 Å². The van der Waals surface area contributed by atoms with Gasteiger partial charge in [0, 0.05) is 39.8 Å². The van der Waals surface area contributed by atoms with E-state index in [0.717, 1.165) is 40.6 Å². The molecule has 40 heavy (non-hydrogen) atoms. The van der Waals surface area contributed by atoms with Gasteiger partial charge in [-0.05, 0) is 65.9 Å². The Morgan fingerprint density at radius 2 is 1.73 bits per heavy atom. The molecule has 9 heteroatoms. The maximum atomic E-state index is 13.1. The molecule has 0 aliphatic carbocycles. The van der Waals surface area contributed by atoms with Crippen LogP contribution in [0, 0.1) is 5.92 Å². The van der Waals surface area contributed by atoms with Crippen molar-refractivity contribution in [1.29, 1.82) is 0 Å². The monoisotopic (exact) mass is 570 g/mol. The summed E-state index contributed by atoms with van der Waals surface area (Å²) in [5.41, 5.74) is 2.98. The van der Waals surface area contributed by atoms with Crippen LogP contribution in [-0.4, -0.2) is 30.1 Å². The zero-order chi connectivity index (χ0) is 29.0. The standard InChI is InChI=1S/C31H30ClF3N2O3/c1-19(2)16-28(20-4-6-21(7-5-20)30(39)36-14-12-29(38)40-3)37-15-13-23-17-22(8-11-27(23)37)25-10-9-24(18-26(25)32)31(33,34)35/h4-11,13,15,17-19,28H,12,14,16H2,1-3H3,(H,36,39). The summed E-state index contributed by atoms with van der Waals surface area (Å²) >= 11 is 6.24. The third kappa shape index (κ3) is 6.67. The number of hydrogen-bond donors (Lipinski definition) is 1. The molecule has 0 saturated carbocycles. The highest BCUT2D eigenvalue weighted by Gasteiger charge is 2.31. The molecular weight excluding hydrogens is 541 g/mol. The lowest BCUT2D eigenvalue weighted by Gasteiger charge is -2.23. The molecule has 210 valence electrons. The van der Waals surface area contributed by atoms with Crippen LogP contribution in [0.2, 0.25) is 5.02 Å². The Morgan fingerprint density at radius 3 is 2.35 bits per heavy atom. The van der Waals surface area contributed by atoms with Crippen LogP contribution < -0.4 is 5.32 Å². The van der Waals surface area contributed by atoms with Crippen LogP contribution in [-0.2, 0) is 15.7 Å². The maximum absolute atomic E-state index is 13.1. The predicted octanol–water partition coefficient (Wildman–Crippen LogP) is 7.91. The quantitative estimate of drug-likeness (QED) is 0.208. The number of carbonyl (C=O) groups excluding carboxylic acids is 2. The first kappa shape index (κ1) is 29.2. The smallest absolute Gasteiger partial charge is 0.416 e. The Hall–Kier alpha value is -3.78. The predicted molar refractivity (Wildman–Crippen MR) is 150 cm³/mol. The number of fused-ring (bicyclic) bond motifs is 1. The number of aromatic nitrogens is 1. The first-order chi connectivity index (χ1) is 19.0. The fourth-order valence-electron chi connectivity index (χ4n) is 4.72. The van der Waals surface area contributed by atoms with E-state index in [1.54, 1.807) is 12.1 Å². The van der Waals surface area contributed by atoms with Crippen molar-refractivity contribution in [2.45, 2.75) is 38.9 Å². The first-order valence-electron chi connectivity index (χ1n) is 12.9. The van der Waals surface area contributed by atoms with Crippen LogP contribution in [0.4, 0.5) is 13.2 Å². The van der Waals surface area contributed by atoms with E-state index in [2.05, 4.69) is 28.5 Å². The number of nitrogens with one attached hydrogen (secondary N) is 1. The van der Waals surface area contributed by atoms with E-state index in [0.29, 0.717) is 17.0 Å². The molecular formula is C31H30ClF3N2O3. The summed E-state index contributed by atoms with van der Waals surface area (Å²) < 4.78 is 46.0. The molecule has 1 amide bonds. The molecule has 3 aromatic carbocycles. The fraction of sp³-hybridized carbons (Fsp3) is 0.290. The van der Waals surface area contributed by atoms with Crippen LogP contribution in [0.15, 0.2) is 72.9 Å². The average Bonchev–Trinajstić information content (AvgIpc) is 3.34. The number of methoxy groups -OCH3 is 1. The highest BCUT2D eigenvalue weighted by atomic mass is 35.5. The second-order valence-corrected chi connectivity index (χ2v) is 10.4. The number of benzene rings is 3. The van der Waals surface area contributed by atoms with Crippen molar-refractivity contribution in [1.82, 2.24) is 9.88 Å². The van der Waals surface area contributed by atoms with Crippen molar-refractivity contribution in [2.24, 2.45) is 5.92 Å². The van der Waals surface area contributed by atoms with Gasteiger partial charge in [0.1, 0.15) is 0 Å². The van der Waals surface area contributed by atoms with Gasteiger partial charge in [-0.25, -0.2) is 0 Å². The topological polar surface area (TPSA) is 60.3 Å². The molecule has 1 heterocycles. The van der Waals surface area contributed by atoms with Gasteiger partial charge in [0.05, 0.1) is 25.1 Å². The summed E-state index contributed by atoms with van der Waals surface area (Å²) in [6.45, 7) is 4.48. The molecule has 0 radical (unpaired) electrons. The van der Waals surface area contributed by atoms with Crippen molar-refractivity contribution < 1.29 is 27.5 Å². The van der Waals surface area contributed by atoms with Crippen molar-refractivity contribution in [3.63, 3.8) is 0 Å². The first-order valence-corrected chi connectivity index (χ1v) is 13.3. The SMILES string of the molecule is COC(=O)CCNC(=O)c1ccc(C(CC(C)C)n2ccc3cc(-c4ccc(C(F)(F)F)cc4Cl)ccc32)cc1.